The van der Waals surface area contributed by atoms with Crippen molar-refractivity contribution in [2.45, 2.75) is 6.92 Å². The summed E-state index contributed by atoms with van der Waals surface area (Å²) in [4.78, 5) is 12.5. The third kappa shape index (κ3) is 2.18. The maximum Gasteiger partial charge on any atom is 0.244 e. The Kier molecular flexibility index (Phi) is 2.72. The highest BCUT2D eigenvalue weighted by atomic mass is 16.5. The van der Waals surface area contributed by atoms with E-state index in [1.54, 1.807) is 18.3 Å². The monoisotopic (exact) mass is 252 g/mol. The van der Waals surface area contributed by atoms with Crippen molar-refractivity contribution in [1.82, 2.24) is 15.0 Å². The van der Waals surface area contributed by atoms with Crippen molar-refractivity contribution in [2.75, 3.05) is 5.73 Å². The lowest BCUT2D eigenvalue weighted by Gasteiger charge is -2.08. The van der Waals surface area contributed by atoms with Crippen molar-refractivity contribution >= 4 is 16.6 Å². The Morgan fingerprint density at radius 2 is 1.95 bits per heavy atom. The molecule has 0 fully saturated rings. The zero-order valence-electron chi connectivity index (χ0n) is 10.4. The van der Waals surface area contributed by atoms with Crippen LogP contribution in [-0.2, 0) is 0 Å². The van der Waals surface area contributed by atoms with Gasteiger partial charge in [-0.05, 0) is 31.2 Å². The van der Waals surface area contributed by atoms with Crippen LogP contribution in [0.15, 0.2) is 42.9 Å². The molecule has 0 aliphatic carbocycles. The molecular formula is C14H12N4O. The molecule has 2 heterocycles. The van der Waals surface area contributed by atoms with Crippen molar-refractivity contribution in [1.29, 1.82) is 0 Å². The van der Waals surface area contributed by atoms with Crippen LogP contribution < -0.4 is 10.5 Å². The molecule has 0 amide bonds. The zero-order valence-corrected chi connectivity index (χ0v) is 10.4. The number of hydrogen-bond donors (Lipinski definition) is 1. The minimum Gasteiger partial charge on any atom is -0.418 e. The second-order valence-electron chi connectivity index (χ2n) is 4.20. The van der Waals surface area contributed by atoms with E-state index in [2.05, 4.69) is 15.0 Å². The maximum absolute atomic E-state index is 5.81. The Labute approximate surface area is 110 Å². The Hall–Kier alpha value is -2.69. The van der Waals surface area contributed by atoms with Gasteiger partial charge in [0, 0.05) is 6.20 Å². The van der Waals surface area contributed by atoms with E-state index in [9.17, 15) is 0 Å². The van der Waals surface area contributed by atoms with Gasteiger partial charge in [-0.3, -0.25) is 0 Å². The van der Waals surface area contributed by atoms with Gasteiger partial charge in [0.05, 0.1) is 16.6 Å². The van der Waals surface area contributed by atoms with Crippen LogP contribution in [0.3, 0.4) is 0 Å². The molecule has 1 aromatic carbocycles. The molecule has 0 aliphatic rings. The molecule has 0 unspecified atom stereocenters. The molecule has 0 bridgehead atoms. The molecule has 0 spiro atoms. The van der Waals surface area contributed by atoms with Gasteiger partial charge in [0.25, 0.3) is 0 Å². The number of aromatic nitrogens is 3. The lowest BCUT2D eigenvalue weighted by molar-refractivity contribution is 0.452. The van der Waals surface area contributed by atoms with Gasteiger partial charge in [0.15, 0.2) is 0 Å². The summed E-state index contributed by atoms with van der Waals surface area (Å²) in [6.07, 6.45) is 3.09. The molecule has 0 saturated carbocycles. The van der Waals surface area contributed by atoms with Crippen molar-refractivity contribution in [3.05, 3.63) is 48.4 Å². The molecule has 19 heavy (non-hydrogen) atoms. The first-order chi connectivity index (χ1) is 9.24. The minimum atomic E-state index is 0.351. The van der Waals surface area contributed by atoms with Gasteiger partial charge in [0.1, 0.15) is 6.33 Å². The summed E-state index contributed by atoms with van der Waals surface area (Å²) in [7, 11) is 0. The molecule has 0 aliphatic heterocycles. The van der Waals surface area contributed by atoms with E-state index in [1.165, 1.54) is 6.33 Å². The molecule has 0 atom stereocenters. The molecular weight excluding hydrogens is 240 g/mol. The van der Waals surface area contributed by atoms with Gasteiger partial charge in [-0.25, -0.2) is 15.0 Å². The quantitative estimate of drug-likeness (QED) is 0.759. The molecule has 3 aromatic rings. The van der Waals surface area contributed by atoms with Gasteiger partial charge in [-0.15, -0.1) is 0 Å². The van der Waals surface area contributed by atoms with Crippen molar-refractivity contribution in [3.63, 3.8) is 0 Å². The first-order valence-corrected chi connectivity index (χ1v) is 5.84. The number of anilines is 1. The molecule has 5 heteroatoms. The standard InChI is InChI=1S/C14H12N4O/c1-9-4-5-12-10(7-9)13(18-8-17-12)19-14-11(15)3-2-6-16-14/h2-8H,15H2,1H3. The molecule has 0 radical (unpaired) electrons. The third-order valence-corrected chi connectivity index (χ3v) is 2.75. The fraction of sp³-hybridized carbons (Fsp3) is 0.0714. The lowest BCUT2D eigenvalue weighted by Crippen LogP contribution is -1.97. The van der Waals surface area contributed by atoms with Gasteiger partial charge >= 0.3 is 0 Å². The largest absolute Gasteiger partial charge is 0.418 e. The van der Waals surface area contributed by atoms with Gasteiger partial charge < -0.3 is 10.5 Å². The highest BCUT2D eigenvalue weighted by molar-refractivity contribution is 5.84. The van der Waals surface area contributed by atoms with Crippen molar-refractivity contribution in [3.8, 4) is 11.8 Å². The average Bonchev–Trinajstić information content (AvgIpc) is 2.42. The molecule has 2 aromatic heterocycles. The number of fused-ring (bicyclic) bond motifs is 1. The summed E-state index contributed by atoms with van der Waals surface area (Å²) >= 11 is 0. The number of nitrogen functional groups attached to an aromatic ring is 1. The van der Waals surface area contributed by atoms with Crippen LogP contribution in [0, 0.1) is 6.92 Å². The molecule has 5 nitrogen and oxygen atoms in total. The first-order valence-electron chi connectivity index (χ1n) is 5.84. The summed E-state index contributed by atoms with van der Waals surface area (Å²) in [5.41, 5.74) is 8.22. The number of hydrogen-bond acceptors (Lipinski definition) is 5. The SMILES string of the molecule is Cc1ccc2ncnc(Oc3ncccc3N)c2c1. The predicted molar refractivity (Wildman–Crippen MR) is 73.0 cm³/mol. The summed E-state index contributed by atoms with van der Waals surface area (Å²) in [6.45, 7) is 2.01. The maximum atomic E-state index is 5.81. The number of benzene rings is 1. The fourth-order valence-electron chi connectivity index (χ4n) is 1.81. The van der Waals surface area contributed by atoms with Crippen LogP contribution in [0.4, 0.5) is 5.69 Å². The van der Waals surface area contributed by atoms with Crippen LogP contribution in [-0.4, -0.2) is 15.0 Å². The smallest absolute Gasteiger partial charge is 0.244 e. The Bertz CT molecular complexity index is 742. The van der Waals surface area contributed by atoms with E-state index in [-0.39, 0.29) is 0 Å². The normalized spacial score (nSPS) is 10.6. The van der Waals surface area contributed by atoms with E-state index in [4.69, 9.17) is 10.5 Å². The summed E-state index contributed by atoms with van der Waals surface area (Å²) in [5, 5.41) is 0.840. The molecule has 2 N–H and O–H groups in total. The van der Waals surface area contributed by atoms with E-state index >= 15 is 0 Å². The number of nitrogens with zero attached hydrogens (tertiary/aromatic N) is 3. The van der Waals surface area contributed by atoms with E-state index in [0.29, 0.717) is 17.4 Å². The second kappa shape index (κ2) is 4.53. The number of rotatable bonds is 2. The molecule has 3 rings (SSSR count). The van der Waals surface area contributed by atoms with E-state index < -0.39 is 0 Å². The van der Waals surface area contributed by atoms with Gasteiger partial charge in [-0.2, -0.15) is 0 Å². The van der Waals surface area contributed by atoms with Gasteiger partial charge in [-0.1, -0.05) is 11.6 Å². The Morgan fingerprint density at radius 3 is 2.79 bits per heavy atom. The summed E-state index contributed by atoms with van der Waals surface area (Å²) in [5.74, 6) is 0.808. The van der Waals surface area contributed by atoms with E-state index in [1.807, 2.05) is 25.1 Å². The highest BCUT2D eigenvalue weighted by Gasteiger charge is 2.09. The van der Waals surface area contributed by atoms with Crippen LogP contribution in [0.25, 0.3) is 10.9 Å². The fourth-order valence-corrected chi connectivity index (χ4v) is 1.81. The Balaban J connectivity index is 2.10. The van der Waals surface area contributed by atoms with E-state index in [0.717, 1.165) is 16.5 Å². The summed E-state index contributed by atoms with van der Waals surface area (Å²) in [6, 6.07) is 9.39. The topological polar surface area (TPSA) is 73.9 Å². The number of nitrogens with two attached hydrogens (primary N) is 1. The predicted octanol–water partition coefficient (Wildman–Crippen LogP) is 2.71. The zero-order chi connectivity index (χ0) is 13.2. The number of pyridine rings is 1. The summed E-state index contributed by atoms with van der Waals surface area (Å²) < 4.78 is 5.69. The number of ether oxygens (including phenoxy) is 1. The Morgan fingerprint density at radius 1 is 1.05 bits per heavy atom. The highest BCUT2D eigenvalue weighted by Crippen LogP contribution is 2.28. The van der Waals surface area contributed by atoms with Crippen LogP contribution in [0.5, 0.6) is 11.8 Å². The van der Waals surface area contributed by atoms with Gasteiger partial charge in [0.2, 0.25) is 11.8 Å². The van der Waals surface area contributed by atoms with Crippen LogP contribution >= 0.6 is 0 Å². The minimum absolute atomic E-state index is 0.351. The molecule has 94 valence electrons. The average molecular weight is 252 g/mol. The van der Waals surface area contributed by atoms with Crippen LogP contribution in [0.1, 0.15) is 5.56 Å². The van der Waals surface area contributed by atoms with Crippen molar-refractivity contribution in [2.24, 2.45) is 0 Å². The van der Waals surface area contributed by atoms with Crippen molar-refractivity contribution < 1.29 is 4.74 Å². The second-order valence-corrected chi connectivity index (χ2v) is 4.20. The third-order valence-electron chi connectivity index (χ3n) is 2.75. The lowest BCUT2D eigenvalue weighted by atomic mass is 10.2. The molecule has 0 saturated heterocycles. The first kappa shape index (κ1) is 11.4. The number of aryl methyl sites for hydroxylation is 1. The van der Waals surface area contributed by atoms with Crippen LogP contribution in [0.2, 0.25) is 0 Å².